The van der Waals surface area contributed by atoms with Crippen molar-refractivity contribution in [1.82, 2.24) is 14.9 Å². The van der Waals surface area contributed by atoms with Gasteiger partial charge in [0.2, 0.25) is 5.95 Å². The number of aromatic nitrogens is 2. The zero-order valence-corrected chi connectivity index (χ0v) is 22.2. The van der Waals surface area contributed by atoms with Gasteiger partial charge in [0.25, 0.3) is 0 Å². The first-order chi connectivity index (χ1) is 17.4. The molecule has 1 saturated heterocycles. The first kappa shape index (κ1) is 26.1. The van der Waals surface area contributed by atoms with Crippen LogP contribution in [0.5, 0.6) is 0 Å². The standard InChI is InChI=1S/C25H32N6O3S2/c1-3-34-25(32)30-36(2,33)20-11-9-19(10-12-20)28-24-27-18-21(22-8-7-17-35-22)23(29-24)26-13-16-31-14-5-4-6-15-31/h7-12,17-18H,3-6,13-16H2,1-2H3,(H2,26,27,28,29). The Kier molecular flexibility index (Phi) is 8.89. The Labute approximate surface area is 216 Å². The average Bonchev–Trinajstić information content (AvgIpc) is 3.40. The molecule has 0 saturated carbocycles. The monoisotopic (exact) mass is 528 g/mol. The van der Waals surface area contributed by atoms with Gasteiger partial charge in [-0.3, -0.25) is 0 Å². The molecule has 3 aromatic rings. The molecule has 11 heteroatoms. The number of nitrogens with zero attached hydrogens (tertiary/aromatic N) is 4. The van der Waals surface area contributed by atoms with Crippen molar-refractivity contribution < 1.29 is 13.7 Å². The van der Waals surface area contributed by atoms with Crippen LogP contribution in [0.2, 0.25) is 0 Å². The number of anilines is 3. The minimum absolute atomic E-state index is 0.182. The van der Waals surface area contributed by atoms with Gasteiger partial charge in [-0.2, -0.15) is 4.98 Å². The highest BCUT2D eigenvalue weighted by molar-refractivity contribution is 7.93. The Hall–Kier alpha value is -3.02. The fourth-order valence-corrected chi connectivity index (χ4v) is 5.79. The van der Waals surface area contributed by atoms with E-state index >= 15 is 0 Å². The zero-order valence-electron chi connectivity index (χ0n) is 20.6. The van der Waals surface area contributed by atoms with E-state index in [1.54, 1.807) is 42.5 Å². The van der Waals surface area contributed by atoms with Crippen LogP contribution in [-0.2, 0) is 14.5 Å². The average molecular weight is 529 g/mol. The second kappa shape index (κ2) is 12.3. The summed E-state index contributed by atoms with van der Waals surface area (Å²) >= 11 is 1.65. The van der Waals surface area contributed by atoms with Gasteiger partial charge in [-0.15, -0.1) is 15.7 Å². The number of ether oxygens (including phenoxy) is 1. The van der Waals surface area contributed by atoms with Crippen LogP contribution in [0.25, 0.3) is 10.4 Å². The molecule has 0 bridgehead atoms. The smallest absolute Gasteiger partial charge is 0.442 e. The lowest BCUT2D eigenvalue weighted by molar-refractivity contribution is 0.164. The van der Waals surface area contributed by atoms with Gasteiger partial charge in [0.05, 0.1) is 21.9 Å². The van der Waals surface area contributed by atoms with Gasteiger partial charge >= 0.3 is 6.09 Å². The molecule has 0 radical (unpaired) electrons. The quantitative estimate of drug-likeness (QED) is 0.377. The second-order valence-corrected chi connectivity index (χ2v) is 11.7. The fourth-order valence-electron chi connectivity index (χ4n) is 3.97. The third-order valence-corrected chi connectivity index (χ3v) is 8.36. The number of amides is 1. The maximum Gasteiger partial charge on any atom is 0.442 e. The molecular formula is C25H32N6O3S2. The Morgan fingerprint density at radius 1 is 1.19 bits per heavy atom. The third kappa shape index (κ3) is 7.02. The van der Waals surface area contributed by atoms with Crippen molar-refractivity contribution in [2.75, 3.05) is 49.7 Å². The minimum Gasteiger partial charge on any atom is -0.448 e. The van der Waals surface area contributed by atoms with E-state index in [4.69, 9.17) is 9.72 Å². The second-order valence-electron chi connectivity index (χ2n) is 8.50. The minimum atomic E-state index is -2.90. The van der Waals surface area contributed by atoms with Crippen LogP contribution in [0, 0.1) is 0 Å². The molecule has 1 fully saturated rings. The van der Waals surface area contributed by atoms with Crippen molar-refractivity contribution in [3.05, 3.63) is 48.0 Å². The normalized spacial score (nSPS) is 15.6. The first-order valence-corrected chi connectivity index (χ1v) is 14.9. The topological polar surface area (TPSA) is 109 Å². The summed E-state index contributed by atoms with van der Waals surface area (Å²) in [4.78, 5) is 25.0. The fraction of sp³-hybridized carbons (Fsp3) is 0.400. The summed E-state index contributed by atoms with van der Waals surface area (Å²) in [6.45, 7) is 5.95. The van der Waals surface area contributed by atoms with Crippen LogP contribution < -0.4 is 10.6 Å². The molecule has 3 heterocycles. The van der Waals surface area contributed by atoms with Gasteiger partial charge in [0, 0.05) is 41.0 Å². The third-order valence-electron chi connectivity index (χ3n) is 5.81. The van der Waals surface area contributed by atoms with E-state index in [-0.39, 0.29) is 6.61 Å². The largest absolute Gasteiger partial charge is 0.448 e. The van der Waals surface area contributed by atoms with E-state index < -0.39 is 15.8 Å². The van der Waals surface area contributed by atoms with E-state index in [9.17, 15) is 9.00 Å². The van der Waals surface area contributed by atoms with Crippen molar-refractivity contribution >= 4 is 44.6 Å². The maximum absolute atomic E-state index is 12.8. The van der Waals surface area contributed by atoms with Crippen LogP contribution in [0.3, 0.4) is 0 Å². The predicted octanol–water partition coefficient (Wildman–Crippen LogP) is 5.46. The Morgan fingerprint density at radius 3 is 2.67 bits per heavy atom. The molecule has 1 aromatic carbocycles. The van der Waals surface area contributed by atoms with Crippen molar-refractivity contribution in [2.45, 2.75) is 31.1 Å². The Balaban J connectivity index is 1.48. The summed E-state index contributed by atoms with van der Waals surface area (Å²) < 4.78 is 21.3. The number of carbonyl (C=O) groups is 1. The summed E-state index contributed by atoms with van der Waals surface area (Å²) in [6, 6.07) is 11.0. The number of benzene rings is 1. The first-order valence-electron chi connectivity index (χ1n) is 12.1. The van der Waals surface area contributed by atoms with Crippen LogP contribution in [0.15, 0.2) is 57.2 Å². The lowest BCUT2D eigenvalue weighted by atomic mass is 10.1. The molecule has 2 N–H and O–H groups in total. The number of thiophene rings is 1. The van der Waals surface area contributed by atoms with Gasteiger partial charge in [0.1, 0.15) is 5.82 Å². The summed E-state index contributed by atoms with van der Waals surface area (Å²) in [5.41, 5.74) is 1.70. The number of hydrogen-bond acceptors (Lipinski definition) is 9. The van der Waals surface area contributed by atoms with Crippen molar-refractivity contribution in [1.29, 1.82) is 0 Å². The van der Waals surface area contributed by atoms with Crippen molar-refractivity contribution in [3.63, 3.8) is 0 Å². The van der Waals surface area contributed by atoms with Crippen LogP contribution in [0.4, 0.5) is 22.2 Å². The van der Waals surface area contributed by atoms with Gasteiger partial charge in [-0.1, -0.05) is 12.5 Å². The zero-order chi connectivity index (χ0) is 25.4. The molecular weight excluding hydrogens is 496 g/mol. The molecule has 192 valence electrons. The molecule has 1 atom stereocenters. The van der Waals surface area contributed by atoms with Gasteiger partial charge in [-0.05, 0) is 68.6 Å². The van der Waals surface area contributed by atoms with Crippen LogP contribution >= 0.6 is 11.3 Å². The summed E-state index contributed by atoms with van der Waals surface area (Å²) in [7, 11) is -2.90. The van der Waals surface area contributed by atoms with Crippen LogP contribution in [0.1, 0.15) is 26.2 Å². The van der Waals surface area contributed by atoms with Crippen molar-refractivity contribution in [3.8, 4) is 10.4 Å². The summed E-state index contributed by atoms with van der Waals surface area (Å²) in [5, 5.41) is 8.77. The Morgan fingerprint density at radius 2 is 1.97 bits per heavy atom. The highest BCUT2D eigenvalue weighted by Gasteiger charge is 2.14. The van der Waals surface area contributed by atoms with E-state index in [1.807, 2.05) is 17.6 Å². The van der Waals surface area contributed by atoms with E-state index in [0.29, 0.717) is 10.8 Å². The molecule has 9 nitrogen and oxygen atoms in total. The molecule has 2 aromatic heterocycles. The number of nitrogens with one attached hydrogen (secondary N) is 2. The number of rotatable bonds is 9. The number of likely N-dealkylation sites (tertiary alicyclic amines) is 1. The van der Waals surface area contributed by atoms with Crippen molar-refractivity contribution in [2.24, 2.45) is 4.36 Å². The lowest BCUT2D eigenvalue weighted by Gasteiger charge is -2.26. The van der Waals surface area contributed by atoms with E-state index in [2.05, 4.69) is 30.9 Å². The van der Waals surface area contributed by atoms with Gasteiger partial charge in [0.15, 0.2) is 0 Å². The molecule has 36 heavy (non-hydrogen) atoms. The number of carbonyl (C=O) groups excluding carboxylic acids is 1. The molecule has 1 aliphatic rings. The van der Waals surface area contributed by atoms with E-state index in [1.165, 1.54) is 25.5 Å². The number of piperidine rings is 1. The molecule has 0 spiro atoms. The highest BCUT2D eigenvalue weighted by Crippen LogP contribution is 2.31. The van der Waals surface area contributed by atoms with E-state index in [0.717, 1.165) is 48.1 Å². The Bertz CT molecular complexity index is 1270. The summed E-state index contributed by atoms with van der Waals surface area (Å²) in [6.07, 6.45) is 6.28. The molecule has 4 rings (SSSR count). The predicted molar refractivity (Wildman–Crippen MR) is 146 cm³/mol. The highest BCUT2D eigenvalue weighted by atomic mass is 32.2. The molecule has 0 aliphatic carbocycles. The lowest BCUT2D eigenvalue weighted by Crippen LogP contribution is -2.33. The molecule has 1 aliphatic heterocycles. The van der Waals surface area contributed by atoms with Gasteiger partial charge in [-0.25, -0.2) is 14.0 Å². The van der Waals surface area contributed by atoms with Crippen LogP contribution in [-0.4, -0.2) is 64.2 Å². The molecule has 1 unspecified atom stereocenters. The van der Waals surface area contributed by atoms with Gasteiger partial charge < -0.3 is 20.3 Å². The molecule has 1 amide bonds. The maximum atomic E-state index is 12.8. The SMILES string of the molecule is CCOC(=O)N=S(C)(=O)c1ccc(Nc2ncc(-c3cccs3)c(NCCN3CCCCC3)n2)cc1. The summed E-state index contributed by atoms with van der Waals surface area (Å²) in [5.74, 6) is 1.24. The number of hydrogen-bond donors (Lipinski definition) is 2.